The van der Waals surface area contributed by atoms with Gasteiger partial charge in [-0.3, -0.25) is 0 Å². The van der Waals surface area contributed by atoms with E-state index in [1.165, 1.54) is 6.33 Å². The quantitative estimate of drug-likeness (QED) is 0.540. The van der Waals surface area contributed by atoms with E-state index in [-0.39, 0.29) is 0 Å². The first-order chi connectivity index (χ1) is 12.1. The normalized spacial score (nSPS) is 11.0. The molecule has 7 heteroatoms. The number of fused-ring (bicyclic) bond motifs is 1. The van der Waals surface area contributed by atoms with Crippen LogP contribution >= 0.6 is 23.2 Å². The maximum absolute atomic E-state index is 6.14. The van der Waals surface area contributed by atoms with Crippen LogP contribution in [0.1, 0.15) is 5.56 Å². The van der Waals surface area contributed by atoms with Crippen LogP contribution in [0.5, 0.6) is 0 Å². The van der Waals surface area contributed by atoms with Gasteiger partial charge < -0.3 is 5.32 Å². The molecule has 0 saturated carbocycles. The summed E-state index contributed by atoms with van der Waals surface area (Å²) in [5, 5.41) is 9.90. The number of nitrogens with zero attached hydrogens (tertiary/aromatic N) is 4. The van der Waals surface area contributed by atoms with Gasteiger partial charge in [0.25, 0.3) is 0 Å². The minimum atomic E-state index is 0.651. The Morgan fingerprint density at radius 1 is 0.960 bits per heavy atom. The largest absolute Gasteiger partial charge is 0.340 e. The van der Waals surface area contributed by atoms with E-state index < -0.39 is 0 Å². The van der Waals surface area contributed by atoms with E-state index in [1.54, 1.807) is 10.9 Å². The van der Waals surface area contributed by atoms with Gasteiger partial charge in [-0.1, -0.05) is 29.3 Å². The average molecular weight is 370 g/mol. The first-order valence-corrected chi connectivity index (χ1v) is 8.35. The Bertz CT molecular complexity index is 1060. The molecule has 2 aromatic carbocycles. The molecular formula is C18H13Cl2N5. The predicted molar refractivity (Wildman–Crippen MR) is 101 cm³/mol. The predicted octanol–water partition coefficient (Wildman–Crippen LogP) is 5.17. The van der Waals surface area contributed by atoms with Gasteiger partial charge in [-0.05, 0) is 48.9 Å². The summed E-state index contributed by atoms with van der Waals surface area (Å²) in [5.74, 6) is 0.679. The minimum Gasteiger partial charge on any atom is -0.340 e. The van der Waals surface area contributed by atoms with E-state index >= 15 is 0 Å². The van der Waals surface area contributed by atoms with Crippen molar-refractivity contribution < 1.29 is 0 Å². The Morgan fingerprint density at radius 3 is 2.52 bits per heavy atom. The van der Waals surface area contributed by atoms with E-state index in [0.29, 0.717) is 21.5 Å². The van der Waals surface area contributed by atoms with E-state index in [2.05, 4.69) is 20.4 Å². The third kappa shape index (κ3) is 3.04. The highest BCUT2D eigenvalue weighted by Crippen LogP contribution is 2.27. The van der Waals surface area contributed by atoms with E-state index in [4.69, 9.17) is 23.2 Å². The van der Waals surface area contributed by atoms with Gasteiger partial charge in [0, 0.05) is 15.7 Å². The third-order valence-corrected chi connectivity index (χ3v) is 4.36. The molecule has 0 fully saturated rings. The molecule has 2 heterocycles. The Morgan fingerprint density at radius 2 is 1.72 bits per heavy atom. The summed E-state index contributed by atoms with van der Waals surface area (Å²) >= 11 is 12.1. The fourth-order valence-corrected chi connectivity index (χ4v) is 2.89. The lowest BCUT2D eigenvalue weighted by Gasteiger charge is -2.09. The number of aromatic nitrogens is 4. The molecule has 0 atom stereocenters. The Hall–Kier alpha value is -2.63. The van der Waals surface area contributed by atoms with Crippen LogP contribution in [0.4, 0.5) is 11.5 Å². The van der Waals surface area contributed by atoms with Gasteiger partial charge in [0.05, 0.1) is 17.3 Å². The lowest BCUT2D eigenvalue weighted by Crippen LogP contribution is -2.01. The minimum absolute atomic E-state index is 0.651. The van der Waals surface area contributed by atoms with Gasteiger partial charge in [0.15, 0.2) is 5.65 Å². The second-order valence-electron chi connectivity index (χ2n) is 5.58. The highest BCUT2D eigenvalue weighted by Gasteiger charge is 2.13. The van der Waals surface area contributed by atoms with Crippen LogP contribution in [0.3, 0.4) is 0 Å². The molecule has 0 bridgehead atoms. The van der Waals surface area contributed by atoms with Crippen molar-refractivity contribution in [3.8, 4) is 5.69 Å². The van der Waals surface area contributed by atoms with Crippen molar-refractivity contribution in [2.75, 3.05) is 5.32 Å². The van der Waals surface area contributed by atoms with Crippen LogP contribution in [0.25, 0.3) is 16.7 Å². The fraction of sp³-hybridized carbons (Fsp3) is 0.0556. The summed E-state index contributed by atoms with van der Waals surface area (Å²) in [7, 11) is 0. The molecule has 4 rings (SSSR count). The smallest absolute Gasteiger partial charge is 0.168 e. The Balaban J connectivity index is 1.80. The van der Waals surface area contributed by atoms with Crippen molar-refractivity contribution >= 4 is 45.7 Å². The van der Waals surface area contributed by atoms with Crippen molar-refractivity contribution in [1.82, 2.24) is 19.7 Å². The zero-order valence-corrected chi connectivity index (χ0v) is 14.8. The molecule has 0 unspecified atom stereocenters. The lowest BCUT2D eigenvalue weighted by molar-refractivity contribution is 0.887. The molecule has 25 heavy (non-hydrogen) atoms. The molecule has 0 spiro atoms. The molecule has 0 aliphatic heterocycles. The van der Waals surface area contributed by atoms with Crippen LogP contribution in [0.15, 0.2) is 55.0 Å². The lowest BCUT2D eigenvalue weighted by atomic mass is 10.2. The molecule has 2 aromatic heterocycles. The highest BCUT2D eigenvalue weighted by molar-refractivity contribution is 6.31. The number of benzene rings is 2. The monoisotopic (exact) mass is 369 g/mol. The Kier molecular flexibility index (Phi) is 4.03. The summed E-state index contributed by atoms with van der Waals surface area (Å²) in [4.78, 5) is 8.73. The van der Waals surface area contributed by atoms with Crippen LogP contribution in [0.2, 0.25) is 10.0 Å². The van der Waals surface area contributed by atoms with Gasteiger partial charge in [-0.15, -0.1) is 0 Å². The van der Waals surface area contributed by atoms with E-state index in [0.717, 1.165) is 22.3 Å². The first-order valence-electron chi connectivity index (χ1n) is 7.60. The number of rotatable bonds is 3. The van der Waals surface area contributed by atoms with Crippen molar-refractivity contribution in [1.29, 1.82) is 0 Å². The van der Waals surface area contributed by atoms with Crippen LogP contribution in [-0.4, -0.2) is 19.7 Å². The topological polar surface area (TPSA) is 55.6 Å². The Labute approximate surface area is 154 Å². The first kappa shape index (κ1) is 15.9. The molecule has 0 aliphatic rings. The summed E-state index contributed by atoms with van der Waals surface area (Å²) in [6.45, 7) is 2.01. The molecule has 0 saturated heterocycles. The number of hydrogen-bond acceptors (Lipinski definition) is 4. The number of halogens is 2. The van der Waals surface area contributed by atoms with E-state index in [9.17, 15) is 0 Å². The molecular weight excluding hydrogens is 357 g/mol. The number of hydrogen-bond donors (Lipinski definition) is 1. The fourth-order valence-electron chi connectivity index (χ4n) is 2.60. The summed E-state index contributed by atoms with van der Waals surface area (Å²) in [5.41, 5.74) is 3.53. The third-order valence-electron chi connectivity index (χ3n) is 3.87. The van der Waals surface area contributed by atoms with Gasteiger partial charge >= 0.3 is 0 Å². The van der Waals surface area contributed by atoms with Crippen molar-refractivity contribution in [2.24, 2.45) is 0 Å². The van der Waals surface area contributed by atoms with Crippen molar-refractivity contribution in [3.05, 3.63) is 70.6 Å². The molecule has 0 radical (unpaired) electrons. The molecule has 4 aromatic rings. The molecule has 1 N–H and O–H groups in total. The number of anilines is 2. The standard InChI is InChI=1S/C18H13Cl2N5/c1-11-2-3-13(20)8-16(11)25-18-15(9-23-25)17(21-10-22-18)24-14-6-4-12(19)5-7-14/h2-10H,1H3,(H,21,22,24). The second-order valence-corrected chi connectivity index (χ2v) is 6.45. The number of nitrogens with one attached hydrogen (secondary N) is 1. The van der Waals surface area contributed by atoms with Crippen LogP contribution in [-0.2, 0) is 0 Å². The van der Waals surface area contributed by atoms with Crippen molar-refractivity contribution in [3.63, 3.8) is 0 Å². The maximum Gasteiger partial charge on any atom is 0.168 e. The van der Waals surface area contributed by atoms with E-state index in [1.807, 2.05) is 49.4 Å². The second kappa shape index (κ2) is 6.35. The zero-order chi connectivity index (χ0) is 17.4. The van der Waals surface area contributed by atoms with Gasteiger partial charge in [0.2, 0.25) is 0 Å². The van der Waals surface area contributed by atoms with Crippen molar-refractivity contribution in [2.45, 2.75) is 6.92 Å². The summed E-state index contributed by atoms with van der Waals surface area (Å²) < 4.78 is 1.77. The van der Waals surface area contributed by atoms with Crippen LogP contribution in [0, 0.1) is 6.92 Å². The molecule has 0 aliphatic carbocycles. The molecule has 124 valence electrons. The summed E-state index contributed by atoms with van der Waals surface area (Å²) in [6, 6.07) is 13.1. The summed E-state index contributed by atoms with van der Waals surface area (Å²) in [6.07, 6.45) is 3.26. The molecule has 5 nitrogen and oxygen atoms in total. The van der Waals surface area contributed by atoms with Gasteiger partial charge in [0.1, 0.15) is 12.1 Å². The average Bonchev–Trinajstić information content (AvgIpc) is 3.04. The van der Waals surface area contributed by atoms with Gasteiger partial charge in [-0.25, -0.2) is 14.6 Å². The maximum atomic E-state index is 6.14. The zero-order valence-electron chi connectivity index (χ0n) is 13.2. The van der Waals surface area contributed by atoms with Crippen LogP contribution < -0.4 is 5.32 Å². The SMILES string of the molecule is Cc1ccc(Cl)cc1-n1ncc2c(Nc3ccc(Cl)cc3)ncnc21. The highest BCUT2D eigenvalue weighted by atomic mass is 35.5. The van der Waals surface area contributed by atoms with Gasteiger partial charge in [-0.2, -0.15) is 5.10 Å². The molecule has 0 amide bonds. The number of aryl methyl sites for hydroxylation is 1.